The first kappa shape index (κ1) is 14.4. The second kappa shape index (κ2) is 6.30. The van der Waals surface area contributed by atoms with Crippen LogP contribution in [0.5, 0.6) is 0 Å². The normalized spacial score (nSPS) is 17.4. The van der Waals surface area contributed by atoms with Crippen molar-refractivity contribution in [1.82, 2.24) is 15.0 Å². The molecule has 0 aliphatic carbocycles. The van der Waals surface area contributed by atoms with Crippen molar-refractivity contribution in [2.75, 3.05) is 13.1 Å². The summed E-state index contributed by atoms with van der Waals surface area (Å²) < 4.78 is 26.6. The van der Waals surface area contributed by atoms with Crippen molar-refractivity contribution in [3.8, 4) is 0 Å². The van der Waals surface area contributed by atoms with Gasteiger partial charge in [-0.05, 0) is 38.1 Å². The molecule has 0 saturated carbocycles. The number of aromatic nitrogens is 1. The molecule has 0 atom stereocenters. The average molecular weight is 278 g/mol. The highest BCUT2D eigenvalue weighted by molar-refractivity contribution is 7.89. The van der Waals surface area contributed by atoms with E-state index in [1.807, 2.05) is 0 Å². The standard InChI is InChI=1S/C10H15N3O2S.ClH/c14-16(15,10-2-1-5-12-8-10)13-9-3-6-11-7-4-9;/h1-2,5,8-9,11,13H,3-4,6-7H2;1H. The van der Waals surface area contributed by atoms with Gasteiger partial charge >= 0.3 is 0 Å². The summed E-state index contributed by atoms with van der Waals surface area (Å²) in [5.41, 5.74) is 0. The minimum atomic E-state index is -3.40. The summed E-state index contributed by atoms with van der Waals surface area (Å²) in [6.07, 6.45) is 4.59. The predicted octanol–water partition coefficient (Wildman–Crippen LogP) is 0.534. The van der Waals surface area contributed by atoms with Crippen LogP contribution in [0.2, 0.25) is 0 Å². The molecule has 0 amide bonds. The summed E-state index contributed by atoms with van der Waals surface area (Å²) in [7, 11) is -3.40. The molecule has 0 aromatic carbocycles. The lowest BCUT2D eigenvalue weighted by Gasteiger charge is -2.23. The molecule has 1 aromatic rings. The smallest absolute Gasteiger partial charge is 0.242 e. The lowest BCUT2D eigenvalue weighted by atomic mass is 10.1. The molecule has 2 rings (SSSR count). The molecule has 96 valence electrons. The minimum absolute atomic E-state index is 0. The number of hydrogen-bond donors (Lipinski definition) is 2. The van der Waals surface area contributed by atoms with E-state index in [0.717, 1.165) is 25.9 Å². The fraction of sp³-hybridized carbons (Fsp3) is 0.500. The van der Waals surface area contributed by atoms with Crippen LogP contribution in [-0.4, -0.2) is 32.5 Å². The molecule has 17 heavy (non-hydrogen) atoms. The van der Waals surface area contributed by atoms with Gasteiger partial charge in [-0.15, -0.1) is 12.4 Å². The minimum Gasteiger partial charge on any atom is -0.317 e. The Kier molecular flexibility index (Phi) is 5.32. The lowest BCUT2D eigenvalue weighted by Crippen LogP contribution is -2.42. The molecule has 2 N–H and O–H groups in total. The molecule has 0 bridgehead atoms. The number of nitrogens with one attached hydrogen (secondary N) is 2. The summed E-state index contributed by atoms with van der Waals surface area (Å²) >= 11 is 0. The number of nitrogens with zero attached hydrogens (tertiary/aromatic N) is 1. The zero-order chi connectivity index (χ0) is 11.4. The predicted molar refractivity (Wildman–Crippen MR) is 67.7 cm³/mol. The van der Waals surface area contributed by atoms with Gasteiger partial charge in [0.15, 0.2) is 0 Å². The molecule has 0 radical (unpaired) electrons. The third-order valence-electron chi connectivity index (χ3n) is 2.61. The van der Waals surface area contributed by atoms with Gasteiger partial charge in [-0.3, -0.25) is 4.98 Å². The Morgan fingerprint density at radius 2 is 2.06 bits per heavy atom. The number of halogens is 1. The monoisotopic (exact) mass is 277 g/mol. The van der Waals surface area contributed by atoms with Gasteiger partial charge in [0.25, 0.3) is 0 Å². The van der Waals surface area contributed by atoms with Gasteiger partial charge in [-0.2, -0.15) is 0 Å². The maximum atomic E-state index is 11.9. The number of sulfonamides is 1. The van der Waals surface area contributed by atoms with E-state index in [4.69, 9.17) is 0 Å². The van der Waals surface area contributed by atoms with Crippen molar-refractivity contribution in [2.24, 2.45) is 0 Å². The Morgan fingerprint density at radius 3 is 2.65 bits per heavy atom. The molecular formula is C10H16ClN3O2S. The summed E-state index contributed by atoms with van der Waals surface area (Å²) in [6.45, 7) is 1.72. The zero-order valence-corrected chi connectivity index (χ0v) is 10.9. The van der Waals surface area contributed by atoms with Crippen LogP contribution in [0.1, 0.15) is 12.8 Å². The second-order valence-corrected chi connectivity index (χ2v) is 5.55. The molecule has 5 nitrogen and oxygen atoms in total. The van der Waals surface area contributed by atoms with Crippen molar-refractivity contribution in [2.45, 2.75) is 23.8 Å². The van der Waals surface area contributed by atoms with Crippen LogP contribution < -0.4 is 10.0 Å². The topological polar surface area (TPSA) is 71.1 Å². The van der Waals surface area contributed by atoms with Crippen LogP contribution in [0.3, 0.4) is 0 Å². The van der Waals surface area contributed by atoms with E-state index in [1.54, 1.807) is 18.3 Å². The van der Waals surface area contributed by atoms with Crippen molar-refractivity contribution < 1.29 is 8.42 Å². The molecule has 1 saturated heterocycles. The third kappa shape index (κ3) is 3.92. The molecular weight excluding hydrogens is 262 g/mol. The Labute approximate surface area is 107 Å². The van der Waals surface area contributed by atoms with Crippen LogP contribution in [0.25, 0.3) is 0 Å². The Morgan fingerprint density at radius 1 is 1.35 bits per heavy atom. The largest absolute Gasteiger partial charge is 0.317 e. The summed E-state index contributed by atoms with van der Waals surface area (Å²) in [5, 5.41) is 3.19. The van der Waals surface area contributed by atoms with E-state index in [0.29, 0.717) is 0 Å². The first-order valence-corrected chi connectivity index (χ1v) is 6.80. The van der Waals surface area contributed by atoms with Gasteiger partial charge in [0, 0.05) is 18.4 Å². The quantitative estimate of drug-likeness (QED) is 0.846. The number of hydrogen-bond acceptors (Lipinski definition) is 4. The van der Waals surface area contributed by atoms with Gasteiger partial charge in [0.05, 0.1) is 0 Å². The van der Waals surface area contributed by atoms with Crippen LogP contribution in [0, 0.1) is 0 Å². The van der Waals surface area contributed by atoms with Gasteiger partial charge < -0.3 is 5.32 Å². The van der Waals surface area contributed by atoms with E-state index in [-0.39, 0.29) is 23.3 Å². The maximum absolute atomic E-state index is 11.9. The zero-order valence-electron chi connectivity index (χ0n) is 9.30. The van der Waals surface area contributed by atoms with Crippen LogP contribution >= 0.6 is 12.4 Å². The van der Waals surface area contributed by atoms with Crippen molar-refractivity contribution >= 4 is 22.4 Å². The number of rotatable bonds is 3. The van der Waals surface area contributed by atoms with Crippen LogP contribution in [0.4, 0.5) is 0 Å². The summed E-state index contributed by atoms with van der Waals surface area (Å²) in [6, 6.07) is 3.21. The SMILES string of the molecule is Cl.O=S(=O)(NC1CCNCC1)c1cccnc1. The highest BCUT2D eigenvalue weighted by atomic mass is 35.5. The van der Waals surface area contributed by atoms with Gasteiger partial charge in [0.1, 0.15) is 4.90 Å². The summed E-state index contributed by atoms with van der Waals surface area (Å²) in [5.74, 6) is 0. The lowest BCUT2D eigenvalue weighted by molar-refractivity contribution is 0.427. The van der Waals surface area contributed by atoms with E-state index in [2.05, 4.69) is 15.0 Å². The first-order valence-electron chi connectivity index (χ1n) is 5.31. The molecule has 1 aromatic heterocycles. The highest BCUT2D eigenvalue weighted by Crippen LogP contribution is 2.10. The van der Waals surface area contributed by atoms with Crippen molar-refractivity contribution in [1.29, 1.82) is 0 Å². The van der Waals surface area contributed by atoms with E-state index < -0.39 is 10.0 Å². The number of pyridine rings is 1. The Balaban J connectivity index is 0.00000144. The number of piperidine rings is 1. The molecule has 7 heteroatoms. The van der Waals surface area contributed by atoms with Gasteiger partial charge in [-0.25, -0.2) is 13.1 Å². The molecule has 1 aliphatic heterocycles. The molecule has 2 heterocycles. The third-order valence-corrected chi connectivity index (χ3v) is 4.11. The fourth-order valence-corrected chi connectivity index (χ4v) is 3.00. The van der Waals surface area contributed by atoms with Crippen LogP contribution in [0.15, 0.2) is 29.4 Å². The van der Waals surface area contributed by atoms with E-state index in [1.165, 1.54) is 6.20 Å². The summed E-state index contributed by atoms with van der Waals surface area (Å²) in [4.78, 5) is 4.04. The highest BCUT2D eigenvalue weighted by Gasteiger charge is 2.21. The van der Waals surface area contributed by atoms with E-state index >= 15 is 0 Å². The Bertz CT molecular complexity index is 432. The second-order valence-electron chi connectivity index (χ2n) is 3.83. The molecule has 1 aliphatic rings. The van der Waals surface area contributed by atoms with Gasteiger partial charge in [0.2, 0.25) is 10.0 Å². The fourth-order valence-electron chi connectivity index (χ4n) is 1.73. The van der Waals surface area contributed by atoms with Gasteiger partial charge in [-0.1, -0.05) is 0 Å². The first-order chi connectivity index (χ1) is 7.68. The maximum Gasteiger partial charge on any atom is 0.242 e. The molecule has 0 spiro atoms. The van der Waals surface area contributed by atoms with Crippen molar-refractivity contribution in [3.63, 3.8) is 0 Å². The molecule has 1 fully saturated rings. The van der Waals surface area contributed by atoms with E-state index in [9.17, 15) is 8.42 Å². The van der Waals surface area contributed by atoms with Crippen molar-refractivity contribution in [3.05, 3.63) is 24.5 Å². The van der Waals surface area contributed by atoms with Crippen LogP contribution in [-0.2, 0) is 10.0 Å². The Hall–Kier alpha value is -0.690. The average Bonchev–Trinajstić information content (AvgIpc) is 2.31. The molecule has 0 unspecified atom stereocenters.